The van der Waals surface area contributed by atoms with Crippen molar-refractivity contribution in [3.05, 3.63) is 81.3 Å². The van der Waals surface area contributed by atoms with Gasteiger partial charge >= 0.3 is 11.9 Å². The Hall–Kier alpha value is -3.05. The van der Waals surface area contributed by atoms with Crippen LogP contribution >= 0.6 is 11.3 Å². The third kappa shape index (κ3) is 3.06. The van der Waals surface area contributed by atoms with Gasteiger partial charge in [0.15, 0.2) is 0 Å². The molecule has 0 saturated heterocycles. The molecular weight excluding hydrogens is 447 g/mol. The Labute approximate surface area is 200 Å². The molecule has 0 spiro atoms. The molecule has 4 saturated carbocycles. The van der Waals surface area contributed by atoms with Gasteiger partial charge in [-0.3, -0.25) is 0 Å². The number of benzene rings is 2. The molecule has 1 aliphatic heterocycles. The van der Waals surface area contributed by atoms with Crippen LogP contribution in [-0.2, 0) is 14.3 Å². The van der Waals surface area contributed by atoms with E-state index in [1.54, 1.807) is 29.0 Å². The maximum atomic E-state index is 13.9. The van der Waals surface area contributed by atoms with Crippen molar-refractivity contribution >= 4 is 44.5 Å². The van der Waals surface area contributed by atoms with Crippen LogP contribution in [0, 0.1) is 29.5 Å². The molecule has 0 N–H and O–H groups in total. The Bertz CT molecular complexity index is 1500. The molecule has 1 aromatic heterocycles. The van der Waals surface area contributed by atoms with Gasteiger partial charge in [-0.15, -0.1) is 11.3 Å². The summed E-state index contributed by atoms with van der Waals surface area (Å²) < 4.78 is 21.2. The van der Waals surface area contributed by atoms with Gasteiger partial charge in [-0.2, -0.15) is 0 Å². The summed E-state index contributed by atoms with van der Waals surface area (Å²) in [5.74, 6) is 1.23. The number of rotatable bonds is 2. The zero-order valence-corrected chi connectivity index (χ0v) is 19.4. The van der Waals surface area contributed by atoms with Crippen molar-refractivity contribution in [3.63, 3.8) is 0 Å². The number of esters is 2. The van der Waals surface area contributed by atoms with Crippen LogP contribution in [0.4, 0.5) is 4.39 Å². The Kier molecular flexibility index (Phi) is 4.47. The molecule has 3 nitrogen and oxygen atoms in total. The SMILES string of the molecule is O=C1C=C(/C(c2ccc(F)cc2)=c2/c(=C3C4CC5CC(C4)CC3C5)sc3ccccc23)C(=O)O1. The van der Waals surface area contributed by atoms with Crippen molar-refractivity contribution < 1.29 is 18.7 Å². The minimum Gasteiger partial charge on any atom is -0.386 e. The van der Waals surface area contributed by atoms with Crippen LogP contribution in [0.15, 0.2) is 60.2 Å². The first kappa shape index (κ1) is 20.3. The summed E-state index contributed by atoms with van der Waals surface area (Å²) in [5.41, 5.74) is 3.19. The molecule has 2 aromatic carbocycles. The molecule has 3 aromatic rings. The summed E-state index contributed by atoms with van der Waals surface area (Å²) in [5, 5.41) is 2.06. The summed E-state index contributed by atoms with van der Waals surface area (Å²) >= 11 is 1.79. The summed E-state index contributed by atoms with van der Waals surface area (Å²) in [6, 6.07) is 14.5. The molecule has 0 amide bonds. The fourth-order valence-corrected chi connectivity index (χ4v) is 8.55. The van der Waals surface area contributed by atoms with E-state index in [2.05, 4.69) is 12.1 Å². The minimum atomic E-state index is -0.650. The topological polar surface area (TPSA) is 43.4 Å². The molecule has 5 aliphatic rings. The second-order valence-corrected chi connectivity index (χ2v) is 11.3. The van der Waals surface area contributed by atoms with E-state index in [0.717, 1.165) is 27.1 Å². The molecular formula is C29H23FO3S. The molecule has 4 aliphatic carbocycles. The number of thiophene rings is 1. The van der Waals surface area contributed by atoms with E-state index in [9.17, 15) is 14.0 Å². The van der Waals surface area contributed by atoms with E-state index in [0.29, 0.717) is 23.0 Å². The molecule has 4 bridgehead atoms. The molecule has 170 valence electrons. The Morgan fingerprint density at radius 3 is 2.21 bits per heavy atom. The van der Waals surface area contributed by atoms with Crippen molar-refractivity contribution in [2.24, 2.45) is 23.7 Å². The maximum Gasteiger partial charge on any atom is 0.346 e. The fourth-order valence-electron chi connectivity index (χ4n) is 7.14. The Balaban J connectivity index is 1.65. The highest BCUT2D eigenvalue weighted by atomic mass is 32.1. The Morgan fingerprint density at radius 2 is 1.56 bits per heavy atom. The zero-order valence-electron chi connectivity index (χ0n) is 18.6. The van der Waals surface area contributed by atoms with Gasteiger partial charge in [-0.25, -0.2) is 14.0 Å². The highest BCUT2D eigenvalue weighted by Crippen LogP contribution is 2.56. The van der Waals surface area contributed by atoms with E-state index in [-0.39, 0.29) is 11.4 Å². The molecule has 4 fully saturated rings. The van der Waals surface area contributed by atoms with Crippen LogP contribution in [-0.4, -0.2) is 11.9 Å². The lowest BCUT2D eigenvalue weighted by atomic mass is 9.54. The van der Waals surface area contributed by atoms with Crippen molar-refractivity contribution in [2.45, 2.75) is 32.1 Å². The van der Waals surface area contributed by atoms with Gasteiger partial charge in [0.25, 0.3) is 0 Å². The first-order valence-corrected chi connectivity index (χ1v) is 12.9. The number of carbonyl (C=O) groups excluding carboxylic acids is 2. The van der Waals surface area contributed by atoms with Crippen molar-refractivity contribution in [1.82, 2.24) is 0 Å². The van der Waals surface area contributed by atoms with E-state index < -0.39 is 11.9 Å². The van der Waals surface area contributed by atoms with Gasteiger partial charge < -0.3 is 4.74 Å². The fraction of sp³-hybridized carbons (Fsp3) is 0.310. The lowest BCUT2D eigenvalue weighted by Crippen LogP contribution is -2.43. The van der Waals surface area contributed by atoms with Crippen LogP contribution in [0.5, 0.6) is 0 Å². The maximum absolute atomic E-state index is 13.9. The second-order valence-electron chi connectivity index (χ2n) is 10.2. The van der Waals surface area contributed by atoms with Gasteiger partial charge in [0.2, 0.25) is 0 Å². The van der Waals surface area contributed by atoms with Crippen molar-refractivity contribution in [1.29, 1.82) is 0 Å². The largest absolute Gasteiger partial charge is 0.386 e. The van der Waals surface area contributed by atoms with Crippen LogP contribution in [0.1, 0.15) is 37.7 Å². The summed E-state index contributed by atoms with van der Waals surface area (Å²) in [4.78, 5) is 24.9. The lowest BCUT2D eigenvalue weighted by Gasteiger charge is -2.51. The highest BCUT2D eigenvalue weighted by Gasteiger charge is 2.45. The second kappa shape index (κ2) is 7.47. The van der Waals surface area contributed by atoms with Crippen LogP contribution < -0.4 is 9.75 Å². The molecule has 0 unspecified atom stereocenters. The van der Waals surface area contributed by atoms with Gasteiger partial charge in [-0.1, -0.05) is 30.3 Å². The predicted molar refractivity (Wildman–Crippen MR) is 130 cm³/mol. The van der Waals surface area contributed by atoms with E-state index in [1.807, 2.05) is 12.1 Å². The van der Waals surface area contributed by atoms with Crippen LogP contribution in [0.2, 0.25) is 0 Å². The molecule has 34 heavy (non-hydrogen) atoms. The number of ether oxygens (including phenoxy) is 1. The van der Waals surface area contributed by atoms with E-state index in [1.165, 1.54) is 54.8 Å². The first-order valence-electron chi connectivity index (χ1n) is 12.0. The third-order valence-electron chi connectivity index (χ3n) is 8.20. The van der Waals surface area contributed by atoms with Crippen molar-refractivity contribution in [2.75, 3.05) is 0 Å². The van der Waals surface area contributed by atoms with Crippen molar-refractivity contribution in [3.8, 4) is 0 Å². The van der Waals surface area contributed by atoms with Gasteiger partial charge in [0, 0.05) is 31.5 Å². The number of halogens is 1. The predicted octanol–water partition coefficient (Wildman–Crippen LogP) is 4.86. The van der Waals surface area contributed by atoms with Gasteiger partial charge in [-0.05, 0) is 85.1 Å². The first-order chi connectivity index (χ1) is 16.5. The number of cyclic esters (lactones) is 2. The molecule has 2 heterocycles. The average Bonchev–Trinajstić information content (AvgIpc) is 3.34. The monoisotopic (exact) mass is 470 g/mol. The van der Waals surface area contributed by atoms with Crippen LogP contribution in [0.3, 0.4) is 0 Å². The number of fused-ring (bicyclic) bond motifs is 1. The average molecular weight is 471 g/mol. The van der Waals surface area contributed by atoms with E-state index in [4.69, 9.17) is 4.74 Å². The molecule has 0 atom stereocenters. The molecule has 8 rings (SSSR count). The minimum absolute atomic E-state index is 0.255. The number of hydrogen-bond donors (Lipinski definition) is 0. The summed E-state index contributed by atoms with van der Waals surface area (Å²) in [6.45, 7) is 0. The van der Waals surface area contributed by atoms with Gasteiger partial charge in [0.1, 0.15) is 5.82 Å². The summed E-state index contributed by atoms with van der Waals surface area (Å²) in [7, 11) is 0. The van der Waals surface area contributed by atoms with E-state index >= 15 is 0 Å². The number of carbonyl (C=O) groups is 2. The highest BCUT2D eigenvalue weighted by molar-refractivity contribution is 7.17. The number of hydrogen-bond acceptors (Lipinski definition) is 4. The standard InChI is InChI=1S/C29H23FO3S/c30-20-7-5-17(6-8-20)26(22-14-24(31)33-29(22)32)27-21-3-1-2-4-23(21)34-28(27)25-18-10-15-9-16(12-18)13-19(25)11-15/h1-8,14-16,18-19H,9-13H2/b27-26+,28-25?. The third-order valence-corrected chi connectivity index (χ3v) is 9.42. The normalized spacial score (nSPS) is 28.5. The smallest absolute Gasteiger partial charge is 0.346 e. The molecule has 5 heteroatoms. The Morgan fingerprint density at radius 1 is 0.882 bits per heavy atom. The van der Waals surface area contributed by atoms with Gasteiger partial charge in [0.05, 0.1) is 5.57 Å². The summed E-state index contributed by atoms with van der Waals surface area (Å²) in [6.07, 6.45) is 7.69. The lowest BCUT2D eigenvalue weighted by molar-refractivity contribution is -0.150. The quantitative estimate of drug-likeness (QED) is 0.397. The van der Waals surface area contributed by atoms with Crippen LogP contribution in [0.25, 0.3) is 21.2 Å². The zero-order chi connectivity index (χ0) is 23.0. The molecule has 0 radical (unpaired) electrons.